The number of rotatable bonds is 7. The Balaban J connectivity index is 1.51. The highest BCUT2D eigenvalue weighted by molar-refractivity contribution is 5.79. The summed E-state index contributed by atoms with van der Waals surface area (Å²) in [7, 11) is 3.97. The Hall–Kier alpha value is -1.71. The summed E-state index contributed by atoms with van der Waals surface area (Å²) in [5.74, 6) is 2.90. The van der Waals surface area contributed by atoms with Gasteiger partial charge in [0, 0.05) is 27.2 Å². The van der Waals surface area contributed by atoms with Crippen LogP contribution in [0.4, 0.5) is 0 Å². The Morgan fingerprint density at radius 1 is 1.30 bits per heavy atom. The van der Waals surface area contributed by atoms with Crippen molar-refractivity contribution in [1.82, 2.24) is 10.2 Å². The summed E-state index contributed by atoms with van der Waals surface area (Å²) >= 11 is 0. The molecule has 23 heavy (non-hydrogen) atoms. The van der Waals surface area contributed by atoms with Gasteiger partial charge >= 0.3 is 0 Å². The molecule has 2 aliphatic carbocycles. The standard InChI is InChI=1S/C19H29N3O/c1-4-23-17-9-5-15(6-10-17)13-22(3)18(20-2)21-14-19(11-12-19)16-7-8-16/h5-6,9-10,16H,4,7-8,11-14H2,1-3H3,(H,20,21). The monoisotopic (exact) mass is 315 g/mol. The number of guanidine groups is 1. The average molecular weight is 315 g/mol. The molecule has 2 fully saturated rings. The lowest BCUT2D eigenvalue weighted by atomic mass is 10.0. The van der Waals surface area contributed by atoms with Gasteiger partial charge in [0.15, 0.2) is 5.96 Å². The molecule has 0 spiro atoms. The third-order valence-electron chi connectivity index (χ3n) is 5.16. The van der Waals surface area contributed by atoms with Gasteiger partial charge in [0.25, 0.3) is 0 Å². The molecule has 0 unspecified atom stereocenters. The van der Waals surface area contributed by atoms with Crippen molar-refractivity contribution >= 4 is 5.96 Å². The molecule has 0 heterocycles. The van der Waals surface area contributed by atoms with E-state index in [1.165, 1.54) is 31.2 Å². The first kappa shape index (κ1) is 16.2. The third-order valence-corrected chi connectivity index (χ3v) is 5.16. The maximum Gasteiger partial charge on any atom is 0.193 e. The molecule has 0 aromatic heterocycles. The van der Waals surface area contributed by atoms with Crippen LogP contribution >= 0.6 is 0 Å². The second-order valence-corrected chi connectivity index (χ2v) is 6.97. The second-order valence-electron chi connectivity index (χ2n) is 6.97. The fourth-order valence-corrected chi connectivity index (χ4v) is 3.43. The zero-order chi connectivity index (χ0) is 16.3. The van der Waals surface area contributed by atoms with E-state index in [0.717, 1.165) is 30.7 Å². The number of hydrogen-bond acceptors (Lipinski definition) is 2. The minimum absolute atomic E-state index is 0.593. The number of ether oxygens (including phenoxy) is 1. The van der Waals surface area contributed by atoms with Gasteiger partial charge in [0.2, 0.25) is 0 Å². The first-order valence-electron chi connectivity index (χ1n) is 8.80. The van der Waals surface area contributed by atoms with Crippen molar-refractivity contribution in [3.63, 3.8) is 0 Å². The van der Waals surface area contributed by atoms with Crippen molar-refractivity contribution in [3.8, 4) is 5.75 Å². The molecule has 0 amide bonds. The number of benzene rings is 1. The highest BCUT2D eigenvalue weighted by atomic mass is 16.5. The van der Waals surface area contributed by atoms with Crippen molar-refractivity contribution in [2.24, 2.45) is 16.3 Å². The molecule has 126 valence electrons. The molecular formula is C19H29N3O. The molecule has 0 atom stereocenters. The smallest absolute Gasteiger partial charge is 0.193 e. The van der Waals surface area contributed by atoms with E-state index >= 15 is 0 Å². The Kier molecular flexibility index (Phi) is 4.79. The molecule has 3 rings (SSSR count). The average Bonchev–Trinajstić information content (AvgIpc) is 3.43. The molecule has 2 aliphatic rings. The van der Waals surface area contributed by atoms with Crippen LogP contribution in [0.25, 0.3) is 0 Å². The number of nitrogens with one attached hydrogen (secondary N) is 1. The molecule has 2 saturated carbocycles. The van der Waals surface area contributed by atoms with Gasteiger partial charge in [0.1, 0.15) is 5.75 Å². The Labute approximate surface area is 139 Å². The number of nitrogens with zero attached hydrogens (tertiary/aromatic N) is 2. The van der Waals surface area contributed by atoms with Crippen LogP contribution in [0.15, 0.2) is 29.3 Å². The predicted molar refractivity (Wildman–Crippen MR) is 94.8 cm³/mol. The van der Waals surface area contributed by atoms with Crippen LogP contribution < -0.4 is 10.1 Å². The third kappa shape index (κ3) is 3.98. The molecular weight excluding hydrogens is 286 g/mol. The van der Waals surface area contributed by atoms with Crippen molar-refractivity contribution in [2.75, 3.05) is 27.2 Å². The fraction of sp³-hybridized carbons (Fsp3) is 0.632. The zero-order valence-electron chi connectivity index (χ0n) is 14.6. The lowest BCUT2D eigenvalue weighted by molar-refractivity contribution is 0.340. The molecule has 4 nitrogen and oxygen atoms in total. The summed E-state index contributed by atoms with van der Waals surface area (Å²) in [6, 6.07) is 8.33. The molecule has 4 heteroatoms. The lowest BCUT2D eigenvalue weighted by Crippen LogP contribution is -2.41. The van der Waals surface area contributed by atoms with E-state index < -0.39 is 0 Å². The van der Waals surface area contributed by atoms with Crippen LogP contribution in [0, 0.1) is 11.3 Å². The summed E-state index contributed by atoms with van der Waals surface area (Å²) in [5, 5.41) is 3.60. The van der Waals surface area contributed by atoms with Crippen LogP contribution in [-0.2, 0) is 6.54 Å². The second kappa shape index (κ2) is 6.81. The molecule has 0 radical (unpaired) electrons. The van der Waals surface area contributed by atoms with E-state index in [9.17, 15) is 0 Å². The zero-order valence-corrected chi connectivity index (χ0v) is 14.6. The summed E-state index contributed by atoms with van der Waals surface area (Å²) in [5.41, 5.74) is 1.86. The van der Waals surface area contributed by atoms with Gasteiger partial charge in [-0.1, -0.05) is 12.1 Å². The predicted octanol–water partition coefficient (Wildman–Crippen LogP) is 3.28. The fourth-order valence-electron chi connectivity index (χ4n) is 3.43. The summed E-state index contributed by atoms with van der Waals surface area (Å²) in [6.45, 7) is 4.64. The van der Waals surface area contributed by atoms with E-state index in [1.54, 1.807) is 0 Å². The molecule has 0 bridgehead atoms. The van der Waals surface area contributed by atoms with E-state index in [2.05, 4.69) is 34.4 Å². The van der Waals surface area contributed by atoms with E-state index in [4.69, 9.17) is 4.74 Å². The van der Waals surface area contributed by atoms with E-state index in [0.29, 0.717) is 12.0 Å². The quantitative estimate of drug-likeness (QED) is 0.620. The number of aliphatic imine (C=N–C) groups is 1. The highest BCUT2D eigenvalue weighted by Crippen LogP contribution is 2.60. The van der Waals surface area contributed by atoms with Gasteiger partial charge in [-0.2, -0.15) is 0 Å². The Morgan fingerprint density at radius 2 is 2.00 bits per heavy atom. The maximum atomic E-state index is 5.50. The van der Waals surface area contributed by atoms with Crippen LogP contribution in [-0.4, -0.2) is 38.1 Å². The molecule has 1 aromatic carbocycles. The van der Waals surface area contributed by atoms with E-state index in [1.807, 2.05) is 26.1 Å². The molecule has 0 saturated heterocycles. The SMILES string of the molecule is CCOc1ccc(CN(C)C(=NC)NCC2(C3CC3)CC2)cc1. The van der Waals surface area contributed by atoms with Crippen molar-refractivity contribution in [3.05, 3.63) is 29.8 Å². The largest absolute Gasteiger partial charge is 0.494 e. The first-order chi connectivity index (χ1) is 11.2. The minimum atomic E-state index is 0.593. The topological polar surface area (TPSA) is 36.9 Å². The van der Waals surface area contributed by atoms with Crippen molar-refractivity contribution in [1.29, 1.82) is 0 Å². The van der Waals surface area contributed by atoms with Gasteiger partial charge in [-0.15, -0.1) is 0 Å². The summed E-state index contributed by atoms with van der Waals surface area (Å²) in [4.78, 5) is 6.64. The molecule has 1 N–H and O–H groups in total. The van der Waals surface area contributed by atoms with Gasteiger partial charge in [-0.25, -0.2) is 0 Å². The van der Waals surface area contributed by atoms with Gasteiger partial charge in [-0.05, 0) is 61.6 Å². The van der Waals surface area contributed by atoms with Crippen LogP contribution in [0.2, 0.25) is 0 Å². The Morgan fingerprint density at radius 3 is 2.52 bits per heavy atom. The van der Waals surface area contributed by atoms with Crippen LogP contribution in [0.5, 0.6) is 5.75 Å². The summed E-state index contributed by atoms with van der Waals surface area (Å²) < 4.78 is 5.50. The van der Waals surface area contributed by atoms with E-state index in [-0.39, 0.29) is 0 Å². The molecule has 1 aromatic rings. The highest BCUT2D eigenvalue weighted by Gasteiger charge is 2.53. The van der Waals surface area contributed by atoms with Crippen LogP contribution in [0.1, 0.15) is 38.2 Å². The van der Waals surface area contributed by atoms with Gasteiger partial charge in [0.05, 0.1) is 6.61 Å². The van der Waals surface area contributed by atoms with Crippen LogP contribution in [0.3, 0.4) is 0 Å². The summed E-state index contributed by atoms with van der Waals surface area (Å²) in [6.07, 6.45) is 5.65. The number of hydrogen-bond donors (Lipinski definition) is 1. The van der Waals surface area contributed by atoms with Crippen molar-refractivity contribution < 1.29 is 4.74 Å². The normalized spacial score (nSPS) is 19.3. The Bertz CT molecular complexity index is 544. The molecule has 0 aliphatic heterocycles. The minimum Gasteiger partial charge on any atom is -0.494 e. The maximum absolute atomic E-state index is 5.50. The van der Waals surface area contributed by atoms with Gasteiger partial charge < -0.3 is 15.0 Å². The lowest BCUT2D eigenvalue weighted by Gasteiger charge is -2.24. The van der Waals surface area contributed by atoms with Gasteiger partial charge in [-0.3, -0.25) is 4.99 Å². The first-order valence-corrected chi connectivity index (χ1v) is 8.80. The van der Waals surface area contributed by atoms with Crippen molar-refractivity contribution in [2.45, 2.75) is 39.2 Å².